The van der Waals surface area contributed by atoms with Crippen LogP contribution in [0, 0.1) is 5.92 Å². The highest BCUT2D eigenvalue weighted by atomic mass is 16.5. The summed E-state index contributed by atoms with van der Waals surface area (Å²) in [5, 5.41) is 34.4. The third-order valence-corrected chi connectivity index (χ3v) is 13.7. The van der Waals surface area contributed by atoms with Gasteiger partial charge in [0.25, 0.3) is 0 Å². The number of carboxylic acids is 2. The van der Waals surface area contributed by atoms with Crippen LogP contribution in [0.25, 0.3) is 0 Å². The number of aromatic nitrogens is 2. The predicted octanol–water partition coefficient (Wildman–Crippen LogP) is 1.98. The summed E-state index contributed by atoms with van der Waals surface area (Å²) in [5.74, 6) is -4.68. The Morgan fingerprint density at radius 3 is 1.33 bits per heavy atom. The molecule has 0 saturated heterocycles. The minimum atomic E-state index is -1.20. The summed E-state index contributed by atoms with van der Waals surface area (Å²) in [6.45, 7) is 4.61. The summed E-state index contributed by atoms with van der Waals surface area (Å²) in [7, 11) is 0. The number of aliphatic carboxylic acids is 2. The molecule has 0 bridgehead atoms. The van der Waals surface area contributed by atoms with Crippen molar-refractivity contribution in [3.63, 3.8) is 0 Å². The molecule has 0 aliphatic carbocycles. The van der Waals surface area contributed by atoms with Gasteiger partial charge in [0, 0.05) is 76.1 Å². The fourth-order valence-electron chi connectivity index (χ4n) is 8.65. The van der Waals surface area contributed by atoms with Gasteiger partial charge in [0.1, 0.15) is 38.3 Å². The van der Waals surface area contributed by atoms with Crippen molar-refractivity contribution in [1.29, 1.82) is 0 Å². The highest BCUT2D eigenvalue weighted by Crippen LogP contribution is 2.16. The maximum absolute atomic E-state index is 12.5. The van der Waals surface area contributed by atoms with Gasteiger partial charge in [0.15, 0.2) is 11.6 Å². The number of hydrogen-bond acceptors (Lipinski definition) is 20. The third kappa shape index (κ3) is 52.8. The zero-order valence-electron chi connectivity index (χ0n) is 53.2. The second-order valence-electron chi connectivity index (χ2n) is 21.6. The smallest absolute Gasteiger partial charge is 0.326 e. The molecular formula is C61H106N9O20. The number of carbonyl (C=O) groups excluding carboxylic acids is 8. The summed E-state index contributed by atoms with van der Waals surface area (Å²) in [6.07, 6.45) is 19.6. The molecule has 0 aliphatic heterocycles. The van der Waals surface area contributed by atoms with Crippen molar-refractivity contribution in [3.8, 4) is 0 Å². The summed E-state index contributed by atoms with van der Waals surface area (Å²) < 4.78 is 42.9. The number of unbranched alkanes of at least 4 members (excludes halogenated alkanes) is 13. The van der Waals surface area contributed by atoms with E-state index in [1.165, 1.54) is 51.8 Å². The lowest BCUT2D eigenvalue weighted by Gasteiger charge is -2.15. The number of H-pyrrole nitrogens is 1. The van der Waals surface area contributed by atoms with Crippen molar-refractivity contribution >= 4 is 58.8 Å². The normalized spacial score (nSPS) is 12.2. The molecule has 1 aromatic heterocycles. The molecule has 90 heavy (non-hydrogen) atoms. The van der Waals surface area contributed by atoms with Crippen molar-refractivity contribution < 1.29 is 96.1 Å². The summed E-state index contributed by atoms with van der Waals surface area (Å²) in [6, 6.07) is -2.13. The fourth-order valence-corrected chi connectivity index (χ4v) is 8.65. The van der Waals surface area contributed by atoms with Gasteiger partial charge in [-0.1, -0.05) is 77.0 Å². The van der Waals surface area contributed by atoms with E-state index in [1.54, 1.807) is 6.20 Å². The van der Waals surface area contributed by atoms with Crippen LogP contribution in [0.5, 0.6) is 0 Å². The Morgan fingerprint density at radius 2 is 0.911 bits per heavy atom. The van der Waals surface area contributed by atoms with E-state index >= 15 is 0 Å². The first-order valence-corrected chi connectivity index (χ1v) is 31.9. The number of amides is 5. The molecular weight excluding hydrogens is 1180 g/mol. The van der Waals surface area contributed by atoms with E-state index in [-0.39, 0.29) is 224 Å². The van der Waals surface area contributed by atoms with Crippen LogP contribution in [0.4, 0.5) is 0 Å². The molecule has 515 valence electrons. The number of ether oxygens (including phenoxy) is 8. The Morgan fingerprint density at radius 1 is 0.489 bits per heavy atom. The number of carbonyl (C=O) groups is 10. The van der Waals surface area contributed by atoms with E-state index in [1.807, 2.05) is 0 Å². The van der Waals surface area contributed by atoms with Crippen LogP contribution in [0.2, 0.25) is 0 Å². The average Bonchev–Trinajstić information content (AvgIpc) is 4.20. The first kappa shape index (κ1) is 82.1. The zero-order valence-corrected chi connectivity index (χ0v) is 53.2. The number of hydrogen-bond donors (Lipinski definition) is 9. The molecule has 0 aromatic carbocycles. The second-order valence-corrected chi connectivity index (χ2v) is 21.6. The molecule has 10 N–H and O–H groups in total. The van der Waals surface area contributed by atoms with Crippen LogP contribution < -0.4 is 37.6 Å². The van der Waals surface area contributed by atoms with Gasteiger partial charge in [-0.2, -0.15) is 0 Å². The predicted molar refractivity (Wildman–Crippen MR) is 329 cm³/mol. The van der Waals surface area contributed by atoms with E-state index < -0.39 is 29.9 Å². The highest BCUT2D eigenvalue weighted by Gasteiger charge is 2.24. The Balaban J connectivity index is 1.86. The van der Waals surface area contributed by atoms with Crippen LogP contribution in [-0.4, -0.2) is 236 Å². The van der Waals surface area contributed by atoms with Crippen molar-refractivity contribution in [2.45, 2.75) is 160 Å². The molecule has 5 amide bonds. The topological polar surface area (TPSA) is 410 Å². The van der Waals surface area contributed by atoms with E-state index in [2.05, 4.69) is 41.9 Å². The first-order valence-electron chi connectivity index (χ1n) is 31.9. The third-order valence-electron chi connectivity index (χ3n) is 13.7. The van der Waals surface area contributed by atoms with Gasteiger partial charge >= 0.3 is 11.9 Å². The lowest BCUT2D eigenvalue weighted by Crippen LogP contribution is -2.41. The van der Waals surface area contributed by atoms with Gasteiger partial charge in [-0.15, -0.1) is 0 Å². The number of Topliss-reactive ketones (excluding diaryl/α,β-unsaturated/α-hetero) is 3. The number of aromatic amines is 1. The number of imidazole rings is 1. The molecule has 0 aliphatic rings. The van der Waals surface area contributed by atoms with Gasteiger partial charge in [0.2, 0.25) is 29.5 Å². The van der Waals surface area contributed by atoms with Crippen molar-refractivity contribution in [2.24, 2.45) is 5.92 Å². The lowest BCUT2D eigenvalue weighted by atomic mass is 9.90. The maximum atomic E-state index is 12.5. The zero-order chi connectivity index (χ0) is 65.9. The standard InChI is InChI=1S/C61H106N9O20/c1-48(71)49(39-54(73)52(62)40-50-41-64-47-69-50)17-16-22-63-42-51(72)43-87-35-31-84-28-24-66-57(76)45-89-37-33-86-30-26-68-59(78)46-90-38-34-85-29-25-67-58(77)44-88-36-32-83-27-23-65-55(74)21-20-53(61(81)82)70-56(75)18-14-12-10-8-6-4-2-3-5-7-9-11-13-15-19-60(79)80/h41,47,49,52-53,62-63H,2-40,42-46H2,1H3,(H,64,69)(H,65,74)(H,66,76)(H,67,77)(H,68,78)(H,70,75)(H,79,80)(H,81,82)/t49-,52+,53+/m1/s1. The molecule has 1 rings (SSSR count). The monoisotopic (exact) mass is 1280 g/mol. The summed E-state index contributed by atoms with van der Waals surface area (Å²) >= 11 is 0. The lowest BCUT2D eigenvalue weighted by molar-refractivity contribution is -0.142. The van der Waals surface area contributed by atoms with Gasteiger partial charge in [-0.3, -0.25) is 43.2 Å². The Hall–Kier alpha value is -5.89. The first-order chi connectivity index (χ1) is 43.6. The van der Waals surface area contributed by atoms with Gasteiger partial charge < -0.3 is 85.0 Å². The molecule has 0 fully saturated rings. The van der Waals surface area contributed by atoms with Crippen LogP contribution in [0.3, 0.4) is 0 Å². The number of rotatable bonds is 66. The Bertz CT molecular complexity index is 2090. The van der Waals surface area contributed by atoms with Crippen molar-refractivity contribution in [3.05, 3.63) is 18.2 Å². The summed E-state index contributed by atoms with van der Waals surface area (Å²) in [4.78, 5) is 126. The highest BCUT2D eigenvalue weighted by molar-refractivity contribution is 5.89. The largest absolute Gasteiger partial charge is 0.481 e. The molecule has 1 aromatic rings. The van der Waals surface area contributed by atoms with Gasteiger partial charge in [0.05, 0.1) is 98.2 Å². The molecule has 0 spiro atoms. The van der Waals surface area contributed by atoms with Gasteiger partial charge in [-0.05, 0) is 45.6 Å². The van der Waals surface area contributed by atoms with E-state index in [0.29, 0.717) is 31.5 Å². The number of carboxylic acid groups (broad SMARTS) is 2. The van der Waals surface area contributed by atoms with Gasteiger partial charge in [-0.25, -0.2) is 15.5 Å². The van der Waals surface area contributed by atoms with Crippen LogP contribution in [0.15, 0.2) is 12.5 Å². The molecule has 1 heterocycles. The quantitative estimate of drug-likeness (QED) is 0.0421. The van der Waals surface area contributed by atoms with Crippen molar-refractivity contribution in [1.82, 2.24) is 47.6 Å². The molecule has 1 radical (unpaired) electrons. The molecule has 29 heteroatoms. The second kappa shape index (κ2) is 58.2. The minimum absolute atomic E-state index is 0.0103. The van der Waals surface area contributed by atoms with Crippen LogP contribution in [-0.2, 0) is 92.3 Å². The van der Waals surface area contributed by atoms with E-state index in [4.69, 9.17) is 48.7 Å². The maximum Gasteiger partial charge on any atom is 0.326 e. The number of ketones is 3. The Labute approximate surface area is 530 Å². The molecule has 29 nitrogen and oxygen atoms in total. The van der Waals surface area contributed by atoms with Crippen molar-refractivity contribution in [2.75, 3.05) is 145 Å². The van der Waals surface area contributed by atoms with E-state index in [9.17, 15) is 53.1 Å². The molecule has 3 atom stereocenters. The van der Waals surface area contributed by atoms with Crippen LogP contribution >= 0.6 is 0 Å². The molecule has 0 unspecified atom stereocenters. The number of nitrogens with one attached hydrogen (secondary N) is 8. The molecule has 0 saturated carbocycles. The Kier molecular flexibility index (Phi) is 53.1. The fraction of sp³-hybridized carbons (Fsp3) is 0.787. The minimum Gasteiger partial charge on any atom is -0.481 e. The summed E-state index contributed by atoms with van der Waals surface area (Å²) in [5.41, 5.74) is 8.79. The van der Waals surface area contributed by atoms with E-state index in [0.717, 1.165) is 44.9 Å². The SMILES string of the molecule is CC(=O)[C@H](CCCNCC(=O)COCCOCCNC(=O)COCCOCCNC(=O)COCCOCCNC(=O)COCCOCCNC(=O)CC[C@H](NC(=O)CCCCCCCCCCCCCCCCC(=O)O)C(=O)O)CC(=O)[C@@H]([NH])Cc1cnc[nH]1. The average molecular weight is 1290 g/mol. The number of nitrogens with zero attached hydrogens (tertiary/aromatic N) is 1. The van der Waals surface area contributed by atoms with Crippen LogP contribution in [0.1, 0.15) is 147 Å².